The lowest BCUT2D eigenvalue weighted by Gasteiger charge is -2.12. The van der Waals surface area contributed by atoms with E-state index >= 15 is 0 Å². The van der Waals surface area contributed by atoms with E-state index in [1.807, 2.05) is 0 Å². The van der Waals surface area contributed by atoms with Crippen LogP contribution in [0.4, 0.5) is 0 Å². The maximum Gasteiger partial charge on any atom is 0.222 e. The van der Waals surface area contributed by atoms with Crippen molar-refractivity contribution in [2.45, 2.75) is 18.9 Å². The summed E-state index contributed by atoms with van der Waals surface area (Å²) < 4.78 is 5.01. The van der Waals surface area contributed by atoms with Crippen molar-refractivity contribution in [3.8, 4) is 0 Å². The van der Waals surface area contributed by atoms with Crippen LogP contribution in [0.1, 0.15) is 12.8 Å². The largest absolute Gasteiger partial charge is 0.396 e. The standard InChI is InChI=1S/C10H22N2O3S/c1-15-9(8-11)7-10(14)12-3-6-16-5-2-4-13/h9,13H,2-8,11H2,1H3,(H,12,14). The minimum Gasteiger partial charge on any atom is -0.396 e. The number of methoxy groups -OCH3 is 1. The molecule has 0 bridgehead atoms. The number of nitrogens with one attached hydrogen (secondary N) is 1. The molecular weight excluding hydrogens is 228 g/mol. The highest BCUT2D eigenvalue weighted by molar-refractivity contribution is 7.99. The minimum absolute atomic E-state index is 0.0277. The van der Waals surface area contributed by atoms with Gasteiger partial charge in [0.15, 0.2) is 0 Å². The van der Waals surface area contributed by atoms with E-state index in [-0.39, 0.29) is 18.6 Å². The van der Waals surface area contributed by atoms with Gasteiger partial charge in [0.2, 0.25) is 5.91 Å². The summed E-state index contributed by atoms with van der Waals surface area (Å²) in [6.45, 7) is 1.23. The topological polar surface area (TPSA) is 84.6 Å². The molecule has 0 aliphatic carbocycles. The van der Waals surface area contributed by atoms with Crippen LogP contribution in [0.25, 0.3) is 0 Å². The molecule has 0 saturated carbocycles. The third kappa shape index (κ3) is 8.96. The van der Waals surface area contributed by atoms with Crippen LogP contribution in [-0.2, 0) is 9.53 Å². The summed E-state index contributed by atoms with van der Waals surface area (Å²) in [4.78, 5) is 11.4. The number of aliphatic hydroxyl groups excluding tert-OH is 1. The van der Waals surface area contributed by atoms with Crippen molar-refractivity contribution in [3.05, 3.63) is 0 Å². The molecule has 1 atom stereocenters. The van der Waals surface area contributed by atoms with Gasteiger partial charge in [-0.2, -0.15) is 11.8 Å². The van der Waals surface area contributed by atoms with Crippen molar-refractivity contribution < 1.29 is 14.6 Å². The van der Waals surface area contributed by atoms with Crippen LogP contribution in [-0.4, -0.2) is 55.4 Å². The van der Waals surface area contributed by atoms with Crippen molar-refractivity contribution in [1.29, 1.82) is 0 Å². The molecule has 0 spiro atoms. The molecule has 6 heteroatoms. The second kappa shape index (κ2) is 11.2. The molecule has 0 fully saturated rings. The summed E-state index contributed by atoms with van der Waals surface area (Å²) in [5.74, 6) is 1.77. The third-order valence-electron chi connectivity index (χ3n) is 2.02. The van der Waals surface area contributed by atoms with E-state index in [0.29, 0.717) is 19.5 Å². The first kappa shape index (κ1) is 15.7. The van der Waals surface area contributed by atoms with Gasteiger partial charge in [0.05, 0.1) is 12.5 Å². The molecule has 96 valence electrons. The van der Waals surface area contributed by atoms with Crippen molar-refractivity contribution in [1.82, 2.24) is 5.32 Å². The fourth-order valence-corrected chi connectivity index (χ4v) is 1.86. The fourth-order valence-electron chi connectivity index (χ4n) is 1.07. The SMILES string of the molecule is COC(CN)CC(=O)NCCSCCCO. The Bertz CT molecular complexity index is 177. The Morgan fingerprint density at radius 1 is 1.56 bits per heavy atom. The van der Waals surface area contributed by atoms with Crippen LogP contribution in [0.5, 0.6) is 0 Å². The zero-order chi connectivity index (χ0) is 12.2. The van der Waals surface area contributed by atoms with E-state index in [0.717, 1.165) is 17.9 Å². The zero-order valence-electron chi connectivity index (χ0n) is 9.78. The van der Waals surface area contributed by atoms with Crippen LogP contribution in [0, 0.1) is 0 Å². The van der Waals surface area contributed by atoms with Crippen molar-refractivity contribution in [2.24, 2.45) is 5.73 Å². The van der Waals surface area contributed by atoms with Crippen molar-refractivity contribution >= 4 is 17.7 Å². The summed E-state index contributed by atoms with van der Waals surface area (Å²) in [6, 6.07) is 0. The number of amides is 1. The Morgan fingerprint density at radius 3 is 2.88 bits per heavy atom. The molecule has 0 aliphatic heterocycles. The van der Waals surface area contributed by atoms with Gasteiger partial charge in [-0.3, -0.25) is 4.79 Å². The Hall–Kier alpha value is -0.300. The van der Waals surface area contributed by atoms with E-state index < -0.39 is 0 Å². The number of thioether (sulfide) groups is 1. The Labute approximate surface area is 101 Å². The highest BCUT2D eigenvalue weighted by atomic mass is 32.2. The number of hydrogen-bond donors (Lipinski definition) is 3. The van der Waals surface area contributed by atoms with Gasteiger partial charge in [0.1, 0.15) is 0 Å². The highest BCUT2D eigenvalue weighted by Crippen LogP contribution is 2.00. The number of carbonyl (C=O) groups excluding carboxylic acids is 1. The lowest BCUT2D eigenvalue weighted by molar-refractivity contribution is -0.123. The normalized spacial score (nSPS) is 12.4. The van der Waals surface area contributed by atoms with Gasteiger partial charge < -0.3 is 20.9 Å². The van der Waals surface area contributed by atoms with E-state index in [2.05, 4.69) is 5.32 Å². The van der Waals surface area contributed by atoms with Gasteiger partial charge in [-0.05, 0) is 12.2 Å². The number of hydrogen-bond acceptors (Lipinski definition) is 5. The molecule has 1 amide bonds. The minimum atomic E-state index is -0.193. The second-order valence-electron chi connectivity index (χ2n) is 3.34. The summed E-state index contributed by atoms with van der Waals surface area (Å²) in [7, 11) is 1.55. The van der Waals surface area contributed by atoms with Crippen LogP contribution in [0.3, 0.4) is 0 Å². The predicted molar refractivity (Wildman–Crippen MR) is 66.5 cm³/mol. The van der Waals surface area contributed by atoms with E-state index in [1.54, 1.807) is 18.9 Å². The molecule has 0 aliphatic rings. The Morgan fingerprint density at radius 2 is 2.31 bits per heavy atom. The summed E-state index contributed by atoms with van der Waals surface area (Å²) in [6.07, 6.45) is 0.924. The molecule has 5 nitrogen and oxygen atoms in total. The number of rotatable bonds is 10. The van der Waals surface area contributed by atoms with E-state index in [1.165, 1.54) is 0 Å². The first-order valence-electron chi connectivity index (χ1n) is 5.42. The predicted octanol–water partition coefficient (Wildman–Crippen LogP) is -0.418. The van der Waals surface area contributed by atoms with Crippen LogP contribution < -0.4 is 11.1 Å². The third-order valence-corrected chi connectivity index (χ3v) is 3.09. The van der Waals surface area contributed by atoms with Gasteiger partial charge >= 0.3 is 0 Å². The van der Waals surface area contributed by atoms with Gasteiger partial charge in [-0.25, -0.2) is 0 Å². The smallest absolute Gasteiger partial charge is 0.222 e. The summed E-state index contributed by atoms with van der Waals surface area (Å²) in [5, 5.41) is 11.4. The average molecular weight is 250 g/mol. The van der Waals surface area contributed by atoms with Gasteiger partial charge in [0.25, 0.3) is 0 Å². The molecule has 0 aromatic carbocycles. The molecule has 0 aromatic rings. The molecule has 16 heavy (non-hydrogen) atoms. The van der Waals surface area contributed by atoms with Gasteiger partial charge in [-0.15, -0.1) is 0 Å². The zero-order valence-corrected chi connectivity index (χ0v) is 10.6. The number of carbonyl (C=O) groups is 1. The highest BCUT2D eigenvalue weighted by Gasteiger charge is 2.10. The number of aliphatic hydroxyl groups is 1. The maximum absolute atomic E-state index is 11.4. The lowest BCUT2D eigenvalue weighted by Crippen LogP contribution is -2.33. The van der Waals surface area contributed by atoms with Crippen LogP contribution in [0.15, 0.2) is 0 Å². The molecule has 0 heterocycles. The summed E-state index contributed by atoms with van der Waals surface area (Å²) in [5.41, 5.74) is 5.41. The van der Waals surface area contributed by atoms with Crippen molar-refractivity contribution in [2.75, 3.05) is 38.3 Å². The molecule has 0 radical (unpaired) electrons. The molecule has 1 unspecified atom stereocenters. The Kier molecular flexibility index (Phi) is 11.0. The first-order valence-corrected chi connectivity index (χ1v) is 6.58. The Balaban J connectivity index is 3.36. The van der Waals surface area contributed by atoms with E-state index in [9.17, 15) is 4.79 Å². The monoisotopic (exact) mass is 250 g/mol. The second-order valence-corrected chi connectivity index (χ2v) is 4.56. The lowest BCUT2D eigenvalue weighted by atomic mass is 10.2. The van der Waals surface area contributed by atoms with Crippen LogP contribution in [0.2, 0.25) is 0 Å². The van der Waals surface area contributed by atoms with Crippen LogP contribution >= 0.6 is 11.8 Å². The van der Waals surface area contributed by atoms with Gasteiger partial charge in [-0.1, -0.05) is 0 Å². The fraction of sp³-hybridized carbons (Fsp3) is 0.900. The summed E-state index contributed by atoms with van der Waals surface area (Å²) >= 11 is 1.72. The molecular formula is C10H22N2O3S. The number of ether oxygens (including phenoxy) is 1. The molecule has 0 aromatic heterocycles. The van der Waals surface area contributed by atoms with E-state index in [4.69, 9.17) is 15.6 Å². The molecule has 0 saturated heterocycles. The van der Waals surface area contributed by atoms with Gasteiger partial charge in [0, 0.05) is 32.6 Å². The quantitative estimate of drug-likeness (QED) is 0.459. The maximum atomic E-state index is 11.4. The van der Waals surface area contributed by atoms with Crippen molar-refractivity contribution in [3.63, 3.8) is 0 Å². The average Bonchev–Trinajstić information content (AvgIpc) is 2.30. The number of nitrogens with two attached hydrogens (primary N) is 1. The first-order chi connectivity index (χ1) is 7.74. The molecule has 4 N–H and O–H groups in total. The molecule has 0 rings (SSSR count).